The van der Waals surface area contributed by atoms with Gasteiger partial charge in [-0.2, -0.15) is 5.26 Å². The monoisotopic (exact) mass is 410 g/mol. The number of nitrogens with zero attached hydrogens (tertiary/aromatic N) is 6. The third kappa shape index (κ3) is 4.51. The van der Waals surface area contributed by atoms with Crippen LogP contribution < -0.4 is 5.56 Å². The van der Waals surface area contributed by atoms with Gasteiger partial charge >= 0.3 is 0 Å². The summed E-state index contributed by atoms with van der Waals surface area (Å²) >= 11 is 0. The predicted octanol–water partition coefficient (Wildman–Crippen LogP) is -0.104. The molecule has 0 bridgehead atoms. The van der Waals surface area contributed by atoms with Crippen LogP contribution in [-0.2, 0) is 22.6 Å². The van der Waals surface area contributed by atoms with Crippen molar-refractivity contribution in [3.8, 4) is 6.07 Å². The summed E-state index contributed by atoms with van der Waals surface area (Å²) in [5.41, 5.74) is 0.480. The van der Waals surface area contributed by atoms with Crippen LogP contribution in [0.4, 0.5) is 0 Å². The minimum absolute atomic E-state index is 0.0139. The molecule has 0 N–H and O–H groups in total. The first-order chi connectivity index (χ1) is 14.7. The Bertz CT molecular complexity index is 1000. The van der Waals surface area contributed by atoms with E-state index in [0.717, 1.165) is 26.2 Å². The summed E-state index contributed by atoms with van der Waals surface area (Å²) in [6.45, 7) is 6.63. The Morgan fingerprint density at radius 2 is 1.77 bits per heavy atom. The standard InChI is InChI=1S/C21H26N6O3/c22-5-6-27-19(23-18-4-2-1-3-17(18)21(27)29)15-24-7-9-25(10-8-24)16-20(28)26-11-13-30-14-12-26/h1-4H,6-16H2. The number of hydrogen-bond acceptors (Lipinski definition) is 7. The number of piperazine rings is 1. The van der Waals surface area contributed by atoms with E-state index in [4.69, 9.17) is 4.74 Å². The highest BCUT2D eigenvalue weighted by Crippen LogP contribution is 2.12. The number of aromatic nitrogens is 2. The zero-order valence-electron chi connectivity index (χ0n) is 17.0. The van der Waals surface area contributed by atoms with E-state index in [1.807, 2.05) is 17.0 Å². The molecule has 30 heavy (non-hydrogen) atoms. The van der Waals surface area contributed by atoms with E-state index in [2.05, 4.69) is 20.9 Å². The normalized spacial score (nSPS) is 18.4. The molecule has 0 spiro atoms. The predicted molar refractivity (Wildman–Crippen MR) is 111 cm³/mol. The maximum Gasteiger partial charge on any atom is 0.262 e. The molecule has 3 heterocycles. The summed E-state index contributed by atoms with van der Waals surface area (Å²) < 4.78 is 6.78. The van der Waals surface area contributed by atoms with Crippen molar-refractivity contribution in [2.24, 2.45) is 0 Å². The van der Waals surface area contributed by atoms with Crippen LogP contribution in [0, 0.1) is 11.3 Å². The molecule has 2 aliphatic heterocycles. The van der Waals surface area contributed by atoms with Gasteiger partial charge in [-0.3, -0.25) is 24.0 Å². The van der Waals surface area contributed by atoms with E-state index in [9.17, 15) is 14.9 Å². The lowest BCUT2D eigenvalue weighted by molar-refractivity contribution is -0.136. The van der Waals surface area contributed by atoms with Crippen molar-refractivity contribution in [2.75, 3.05) is 59.0 Å². The van der Waals surface area contributed by atoms with Gasteiger partial charge in [0.15, 0.2) is 0 Å². The molecule has 2 saturated heterocycles. The second-order valence-electron chi connectivity index (χ2n) is 7.64. The molecule has 0 aliphatic carbocycles. The quantitative estimate of drug-likeness (QED) is 0.679. The SMILES string of the molecule is N#CCn1c(CN2CCN(CC(=O)N3CCOCC3)CC2)nc2ccccc2c1=O. The van der Waals surface area contributed by atoms with Gasteiger partial charge in [-0.25, -0.2) is 4.98 Å². The Morgan fingerprint density at radius 3 is 2.50 bits per heavy atom. The maximum atomic E-state index is 12.8. The summed E-state index contributed by atoms with van der Waals surface area (Å²) in [6, 6.07) is 9.30. The molecule has 0 unspecified atom stereocenters. The second kappa shape index (κ2) is 9.34. The second-order valence-corrected chi connectivity index (χ2v) is 7.64. The first kappa shape index (κ1) is 20.5. The van der Waals surface area contributed by atoms with Crippen molar-refractivity contribution >= 4 is 16.8 Å². The van der Waals surface area contributed by atoms with E-state index < -0.39 is 0 Å². The number of fused-ring (bicyclic) bond motifs is 1. The summed E-state index contributed by atoms with van der Waals surface area (Å²) in [5, 5.41) is 9.70. The number of carbonyl (C=O) groups is 1. The van der Waals surface area contributed by atoms with Crippen molar-refractivity contribution in [1.29, 1.82) is 5.26 Å². The number of rotatable bonds is 5. The molecule has 9 nitrogen and oxygen atoms in total. The van der Waals surface area contributed by atoms with Gasteiger partial charge < -0.3 is 9.64 Å². The largest absolute Gasteiger partial charge is 0.378 e. The highest BCUT2D eigenvalue weighted by Gasteiger charge is 2.24. The third-order valence-corrected chi connectivity index (χ3v) is 5.72. The van der Waals surface area contributed by atoms with E-state index in [1.165, 1.54) is 4.57 Å². The molecule has 0 saturated carbocycles. The van der Waals surface area contributed by atoms with Crippen LogP contribution in [0.15, 0.2) is 29.1 Å². The fraction of sp³-hybridized carbons (Fsp3) is 0.524. The van der Waals surface area contributed by atoms with Gasteiger partial charge in [-0.05, 0) is 12.1 Å². The summed E-state index contributed by atoms with van der Waals surface area (Å²) in [5.74, 6) is 0.767. The van der Waals surface area contributed by atoms with Gasteiger partial charge in [0.1, 0.15) is 12.4 Å². The number of amides is 1. The van der Waals surface area contributed by atoms with Gasteiger partial charge in [0.25, 0.3) is 5.56 Å². The summed E-state index contributed by atoms with van der Waals surface area (Å²) in [7, 11) is 0. The van der Waals surface area contributed by atoms with Crippen molar-refractivity contribution < 1.29 is 9.53 Å². The maximum absolute atomic E-state index is 12.8. The molecule has 158 valence electrons. The highest BCUT2D eigenvalue weighted by atomic mass is 16.5. The topological polar surface area (TPSA) is 94.7 Å². The first-order valence-corrected chi connectivity index (χ1v) is 10.3. The molecule has 2 aliphatic rings. The number of benzene rings is 1. The van der Waals surface area contributed by atoms with E-state index in [0.29, 0.717) is 56.1 Å². The molecular weight excluding hydrogens is 384 g/mol. The van der Waals surface area contributed by atoms with Crippen LogP contribution in [0.3, 0.4) is 0 Å². The molecule has 0 radical (unpaired) electrons. The first-order valence-electron chi connectivity index (χ1n) is 10.3. The number of ether oxygens (including phenoxy) is 1. The zero-order valence-corrected chi connectivity index (χ0v) is 17.0. The van der Waals surface area contributed by atoms with Crippen LogP contribution >= 0.6 is 0 Å². The van der Waals surface area contributed by atoms with E-state index >= 15 is 0 Å². The molecule has 9 heteroatoms. The minimum atomic E-state index is -0.174. The van der Waals surface area contributed by atoms with Crippen molar-refractivity contribution in [3.63, 3.8) is 0 Å². The Balaban J connectivity index is 1.39. The number of para-hydroxylation sites is 1. The number of hydrogen-bond donors (Lipinski definition) is 0. The van der Waals surface area contributed by atoms with Crippen LogP contribution in [0.1, 0.15) is 5.82 Å². The highest BCUT2D eigenvalue weighted by molar-refractivity contribution is 5.78. The zero-order chi connectivity index (χ0) is 20.9. The van der Waals surface area contributed by atoms with Gasteiger partial charge in [0, 0.05) is 39.3 Å². The fourth-order valence-corrected chi connectivity index (χ4v) is 3.98. The van der Waals surface area contributed by atoms with Gasteiger partial charge in [0.2, 0.25) is 5.91 Å². The van der Waals surface area contributed by atoms with Crippen molar-refractivity contribution in [2.45, 2.75) is 13.1 Å². The lowest BCUT2D eigenvalue weighted by Crippen LogP contribution is -2.51. The molecule has 4 rings (SSSR count). The van der Waals surface area contributed by atoms with Gasteiger partial charge in [-0.1, -0.05) is 12.1 Å². The van der Waals surface area contributed by atoms with E-state index in [-0.39, 0.29) is 18.0 Å². The van der Waals surface area contributed by atoms with E-state index in [1.54, 1.807) is 12.1 Å². The lowest BCUT2D eigenvalue weighted by Gasteiger charge is -2.36. The Hall–Kier alpha value is -2.80. The van der Waals surface area contributed by atoms with Crippen LogP contribution in [0.2, 0.25) is 0 Å². The number of carbonyl (C=O) groups excluding carboxylic acids is 1. The average Bonchev–Trinajstić information content (AvgIpc) is 2.78. The van der Waals surface area contributed by atoms with Crippen LogP contribution in [0.25, 0.3) is 10.9 Å². The lowest BCUT2D eigenvalue weighted by atomic mass is 10.2. The minimum Gasteiger partial charge on any atom is -0.378 e. The average molecular weight is 410 g/mol. The molecule has 2 aromatic rings. The summed E-state index contributed by atoms with van der Waals surface area (Å²) in [6.07, 6.45) is 0. The number of morpholine rings is 1. The Morgan fingerprint density at radius 1 is 1.07 bits per heavy atom. The van der Waals surface area contributed by atoms with Crippen molar-refractivity contribution in [1.82, 2.24) is 24.3 Å². The molecule has 1 aromatic carbocycles. The summed E-state index contributed by atoms with van der Waals surface area (Å²) in [4.78, 5) is 36.2. The smallest absolute Gasteiger partial charge is 0.262 e. The Kier molecular flexibility index (Phi) is 6.38. The van der Waals surface area contributed by atoms with Gasteiger partial charge in [-0.15, -0.1) is 0 Å². The van der Waals surface area contributed by atoms with Crippen LogP contribution in [0.5, 0.6) is 0 Å². The molecule has 0 atom stereocenters. The van der Waals surface area contributed by atoms with Crippen molar-refractivity contribution in [3.05, 3.63) is 40.4 Å². The van der Waals surface area contributed by atoms with Crippen LogP contribution in [-0.4, -0.2) is 89.2 Å². The molecule has 1 amide bonds. The molecular formula is C21H26N6O3. The van der Waals surface area contributed by atoms with Gasteiger partial charge in [0.05, 0.1) is 43.3 Å². The Labute approximate surface area is 175 Å². The molecule has 2 fully saturated rings. The fourth-order valence-electron chi connectivity index (χ4n) is 3.98. The number of nitriles is 1. The third-order valence-electron chi connectivity index (χ3n) is 5.72. The molecule has 1 aromatic heterocycles.